The minimum absolute atomic E-state index is 0.0453. The van der Waals surface area contributed by atoms with Gasteiger partial charge in [0, 0.05) is 6.07 Å². The first kappa shape index (κ1) is 21.1. The van der Waals surface area contributed by atoms with Gasteiger partial charge in [0.05, 0.1) is 22.7 Å². The number of nitrogens with one attached hydrogen (secondary N) is 1. The Balaban J connectivity index is 1.94. The third kappa shape index (κ3) is 4.34. The number of rotatable bonds is 4. The van der Waals surface area contributed by atoms with Gasteiger partial charge in [-0.15, -0.1) is 0 Å². The van der Waals surface area contributed by atoms with Gasteiger partial charge in [-0.25, -0.2) is 0 Å². The quantitative estimate of drug-likeness (QED) is 0.598. The number of nitrogens with zero attached hydrogens (tertiary/aromatic N) is 2. The van der Waals surface area contributed by atoms with Crippen molar-refractivity contribution in [2.45, 2.75) is 25.6 Å². The van der Waals surface area contributed by atoms with Crippen LogP contribution in [0.25, 0.3) is 0 Å². The average molecular weight is 423 g/mol. The summed E-state index contributed by atoms with van der Waals surface area (Å²) in [6.45, 7) is 0.729. The first-order chi connectivity index (χ1) is 14.1. The van der Waals surface area contributed by atoms with Crippen molar-refractivity contribution in [1.29, 1.82) is 0 Å². The summed E-state index contributed by atoms with van der Waals surface area (Å²) in [4.78, 5) is 35.7. The molecular weight excluding hydrogens is 407 g/mol. The Kier molecular flexibility index (Phi) is 5.63. The molecule has 1 atom stereocenters. The van der Waals surface area contributed by atoms with Gasteiger partial charge in [0.2, 0.25) is 5.91 Å². The molecular formula is C19H16F3N3O5. The van der Waals surface area contributed by atoms with Crippen LogP contribution in [-0.2, 0) is 9.59 Å². The lowest BCUT2D eigenvalue weighted by Crippen LogP contribution is -2.51. The van der Waals surface area contributed by atoms with E-state index < -0.39 is 47.7 Å². The number of halogens is 3. The molecule has 1 aliphatic heterocycles. The van der Waals surface area contributed by atoms with Crippen molar-refractivity contribution in [2.75, 3.05) is 16.8 Å². The van der Waals surface area contributed by atoms with E-state index in [2.05, 4.69) is 5.32 Å². The molecule has 0 bridgehead atoms. The SMILES string of the molecule is Cc1ccc(OCC(=O)N2c3ccccc3NC(=O)CC2C(F)(F)F)c([N+](=O)[O-])c1. The lowest BCUT2D eigenvalue weighted by atomic mass is 10.1. The monoisotopic (exact) mass is 423 g/mol. The van der Waals surface area contributed by atoms with Crippen LogP contribution in [0.3, 0.4) is 0 Å². The summed E-state index contributed by atoms with van der Waals surface area (Å²) in [7, 11) is 0. The number of carbonyl (C=O) groups is 2. The van der Waals surface area contributed by atoms with Gasteiger partial charge in [0.25, 0.3) is 5.91 Å². The molecule has 2 aromatic rings. The third-order valence-electron chi connectivity index (χ3n) is 4.44. The molecule has 158 valence electrons. The molecule has 2 aromatic carbocycles. The molecule has 3 rings (SSSR count). The highest BCUT2D eigenvalue weighted by Gasteiger charge is 2.49. The van der Waals surface area contributed by atoms with Crippen LogP contribution in [0.15, 0.2) is 42.5 Å². The second-order valence-electron chi connectivity index (χ2n) is 6.61. The van der Waals surface area contributed by atoms with E-state index in [4.69, 9.17) is 4.74 Å². The lowest BCUT2D eigenvalue weighted by Gasteiger charge is -2.31. The van der Waals surface area contributed by atoms with Crippen LogP contribution < -0.4 is 15.0 Å². The first-order valence-corrected chi connectivity index (χ1v) is 8.73. The molecule has 0 aliphatic carbocycles. The summed E-state index contributed by atoms with van der Waals surface area (Å²) >= 11 is 0. The summed E-state index contributed by atoms with van der Waals surface area (Å²) in [6, 6.07) is 7.16. The number of fused-ring (bicyclic) bond motifs is 1. The van der Waals surface area contributed by atoms with Gasteiger partial charge in [-0.3, -0.25) is 24.6 Å². The summed E-state index contributed by atoms with van der Waals surface area (Å²) in [6.07, 6.45) is -5.88. The number of nitro groups is 1. The number of anilines is 2. The van der Waals surface area contributed by atoms with Gasteiger partial charge in [-0.2, -0.15) is 13.2 Å². The maximum Gasteiger partial charge on any atom is 0.409 e. The number of amides is 2. The number of aryl methyl sites for hydroxylation is 1. The fourth-order valence-electron chi connectivity index (χ4n) is 3.10. The molecule has 0 radical (unpaired) electrons. The van der Waals surface area contributed by atoms with Gasteiger partial charge >= 0.3 is 11.9 Å². The number of ether oxygens (including phenoxy) is 1. The molecule has 0 saturated carbocycles. The van der Waals surface area contributed by atoms with E-state index in [9.17, 15) is 32.9 Å². The van der Waals surface area contributed by atoms with Gasteiger partial charge in [0.1, 0.15) is 6.04 Å². The molecule has 0 saturated heterocycles. The summed E-state index contributed by atoms with van der Waals surface area (Å²) in [5, 5.41) is 13.5. The second kappa shape index (κ2) is 8.01. The maximum atomic E-state index is 13.7. The molecule has 1 heterocycles. The molecule has 1 N–H and O–H groups in total. The van der Waals surface area contributed by atoms with E-state index in [1.54, 1.807) is 6.92 Å². The number of alkyl halides is 3. The second-order valence-corrected chi connectivity index (χ2v) is 6.61. The van der Waals surface area contributed by atoms with Crippen molar-refractivity contribution in [2.24, 2.45) is 0 Å². The van der Waals surface area contributed by atoms with Crippen molar-refractivity contribution in [3.8, 4) is 5.75 Å². The Labute approximate surface area is 168 Å². The number of para-hydroxylation sites is 2. The van der Waals surface area contributed by atoms with Crippen molar-refractivity contribution < 1.29 is 32.4 Å². The van der Waals surface area contributed by atoms with Gasteiger partial charge in [-0.1, -0.05) is 18.2 Å². The van der Waals surface area contributed by atoms with Crippen LogP contribution in [0.1, 0.15) is 12.0 Å². The number of carbonyl (C=O) groups excluding carboxylic acids is 2. The van der Waals surface area contributed by atoms with Crippen molar-refractivity contribution in [1.82, 2.24) is 0 Å². The predicted molar refractivity (Wildman–Crippen MR) is 100 cm³/mol. The van der Waals surface area contributed by atoms with Crippen LogP contribution >= 0.6 is 0 Å². The Hall–Kier alpha value is -3.63. The first-order valence-electron chi connectivity index (χ1n) is 8.73. The molecule has 0 fully saturated rings. The van der Waals surface area contributed by atoms with Crippen molar-refractivity contribution >= 4 is 28.9 Å². The average Bonchev–Trinajstić information content (AvgIpc) is 2.82. The number of benzene rings is 2. The highest BCUT2D eigenvalue weighted by molar-refractivity contribution is 6.05. The van der Waals surface area contributed by atoms with Crippen molar-refractivity contribution in [3.63, 3.8) is 0 Å². The van der Waals surface area contributed by atoms with E-state index in [-0.39, 0.29) is 17.1 Å². The molecule has 0 spiro atoms. The van der Waals surface area contributed by atoms with Crippen LogP contribution in [0.5, 0.6) is 5.75 Å². The van der Waals surface area contributed by atoms with Gasteiger partial charge in [0.15, 0.2) is 12.4 Å². The highest BCUT2D eigenvalue weighted by atomic mass is 19.4. The largest absolute Gasteiger partial charge is 0.477 e. The van der Waals surface area contributed by atoms with Crippen molar-refractivity contribution in [3.05, 3.63) is 58.1 Å². The molecule has 30 heavy (non-hydrogen) atoms. The maximum absolute atomic E-state index is 13.7. The molecule has 8 nitrogen and oxygen atoms in total. The zero-order valence-electron chi connectivity index (χ0n) is 15.6. The van der Waals surface area contributed by atoms with Gasteiger partial charge < -0.3 is 10.1 Å². The zero-order valence-corrected chi connectivity index (χ0v) is 15.6. The molecule has 1 unspecified atom stereocenters. The summed E-state index contributed by atoms with van der Waals surface area (Å²) in [5.41, 5.74) is 0.0634. The fraction of sp³-hybridized carbons (Fsp3) is 0.263. The molecule has 0 aromatic heterocycles. The molecule has 2 amide bonds. The fourth-order valence-corrected chi connectivity index (χ4v) is 3.10. The normalized spacial score (nSPS) is 16.3. The Morgan fingerprint density at radius 2 is 2.00 bits per heavy atom. The van der Waals surface area contributed by atoms with E-state index in [0.717, 1.165) is 0 Å². The zero-order chi connectivity index (χ0) is 22.1. The van der Waals surface area contributed by atoms with Gasteiger partial charge in [-0.05, 0) is 30.7 Å². The van der Waals surface area contributed by atoms with Crippen LogP contribution in [0, 0.1) is 17.0 Å². The third-order valence-corrected chi connectivity index (χ3v) is 4.44. The minimum Gasteiger partial charge on any atom is -0.477 e. The highest BCUT2D eigenvalue weighted by Crippen LogP contribution is 2.38. The molecule has 11 heteroatoms. The standard InChI is InChI=1S/C19H16F3N3O5/c1-11-6-7-15(14(8-11)25(28)29)30-10-18(27)24-13-5-3-2-4-12(13)23-17(26)9-16(24)19(20,21)22/h2-8,16H,9-10H2,1H3,(H,23,26). The number of hydrogen-bond acceptors (Lipinski definition) is 5. The number of hydrogen-bond donors (Lipinski definition) is 1. The Morgan fingerprint density at radius 1 is 1.30 bits per heavy atom. The topological polar surface area (TPSA) is 102 Å². The van der Waals surface area contributed by atoms with E-state index in [1.807, 2.05) is 0 Å². The molecule has 1 aliphatic rings. The summed E-state index contributed by atoms with van der Waals surface area (Å²) in [5.74, 6) is -2.24. The van der Waals surface area contributed by atoms with E-state index >= 15 is 0 Å². The minimum atomic E-state index is -4.89. The Morgan fingerprint density at radius 3 is 2.67 bits per heavy atom. The number of nitro benzene ring substituents is 1. The van der Waals surface area contributed by atoms with Crippen LogP contribution in [0.2, 0.25) is 0 Å². The predicted octanol–water partition coefficient (Wildman–Crippen LogP) is 3.59. The Bertz CT molecular complexity index is 1010. The summed E-state index contributed by atoms with van der Waals surface area (Å²) < 4.78 is 46.2. The van der Waals surface area contributed by atoms with Crippen LogP contribution in [0.4, 0.5) is 30.2 Å². The lowest BCUT2D eigenvalue weighted by molar-refractivity contribution is -0.385. The van der Waals surface area contributed by atoms with E-state index in [1.165, 1.54) is 42.5 Å². The van der Waals surface area contributed by atoms with E-state index in [0.29, 0.717) is 10.5 Å². The smallest absolute Gasteiger partial charge is 0.409 e. The van der Waals surface area contributed by atoms with Crippen LogP contribution in [-0.4, -0.2) is 35.6 Å².